The average Bonchev–Trinajstić information content (AvgIpc) is 2.89. The van der Waals surface area contributed by atoms with E-state index < -0.39 is 0 Å². The zero-order valence-electron chi connectivity index (χ0n) is 13.6. The molecule has 22 heavy (non-hydrogen) atoms. The van der Waals surface area contributed by atoms with Gasteiger partial charge in [-0.1, -0.05) is 6.92 Å². The second-order valence-electron chi connectivity index (χ2n) is 5.77. The normalized spacial score (nSPS) is 21.5. The fourth-order valence-electron chi connectivity index (χ4n) is 2.95. The smallest absolute Gasteiger partial charge is 0.340 e. The third kappa shape index (κ3) is 3.60. The number of aryl methyl sites for hydroxylation is 1. The van der Waals surface area contributed by atoms with Gasteiger partial charge in [-0.3, -0.25) is 0 Å². The Balaban J connectivity index is 2.20. The highest BCUT2D eigenvalue weighted by Crippen LogP contribution is 2.31. The van der Waals surface area contributed by atoms with Crippen molar-refractivity contribution >= 4 is 39.6 Å². The highest BCUT2D eigenvalue weighted by Gasteiger charge is 2.28. The minimum atomic E-state index is -0.319. The molecule has 1 saturated heterocycles. The second-order valence-corrected chi connectivity index (χ2v) is 7.29. The summed E-state index contributed by atoms with van der Waals surface area (Å²) in [6.07, 6.45) is 4.44. The molecule has 122 valence electrons. The molecule has 1 fully saturated rings. The number of anilines is 1. The summed E-state index contributed by atoms with van der Waals surface area (Å²) in [5, 5.41) is 4.78. The molecule has 1 aromatic heterocycles. The Bertz CT molecular complexity index is 546. The monoisotopic (exact) mass is 340 g/mol. The predicted octanol–water partition coefficient (Wildman–Crippen LogP) is 4.06. The minimum absolute atomic E-state index is 0.319. The van der Waals surface area contributed by atoms with E-state index in [9.17, 15) is 4.79 Å². The van der Waals surface area contributed by atoms with Crippen molar-refractivity contribution in [1.82, 2.24) is 4.90 Å². The molecule has 0 spiro atoms. The maximum atomic E-state index is 11.9. The number of likely N-dealkylation sites (tertiary alicyclic amines) is 1. The molecule has 2 atom stereocenters. The van der Waals surface area contributed by atoms with Crippen LogP contribution in [0.15, 0.2) is 6.07 Å². The first-order valence-corrected chi connectivity index (χ1v) is 9.00. The number of carbonyl (C=O) groups excluding carboxylic acids is 1. The summed E-state index contributed by atoms with van der Waals surface area (Å²) in [5.41, 5.74) is 0.573. The average molecular weight is 341 g/mol. The van der Waals surface area contributed by atoms with E-state index in [4.69, 9.17) is 17.0 Å². The topological polar surface area (TPSA) is 41.6 Å². The summed E-state index contributed by atoms with van der Waals surface area (Å²) in [4.78, 5) is 15.3. The van der Waals surface area contributed by atoms with E-state index in [2.05, 4.69) is 31.0 Å². The molecule has 1 N–H and O–H groups in total. The number of esters is 1. The van der Waals surface area contributed by atoms with Crippen molar-refractivity contribution in [2.45, 2.75) is 58.5 Å². The predicted molar refractivity (Wildman–Crippen MR) is 95.9 cm³/mol. The molecule has 2 unspecified atom stereocenters. The molecule has 0 saturated carbocycles. The maximum Gasteiger partial charge on any atom is 0.340 e. The molecule has 4 nitrogen and oxygen atoms in total. The molecule has 1 aromatic rings. The number of hydrogen-bond acceptors (Lipinski definition) is 4. The van der Waals surface area contributed by atoms with E-state index in [-0.39, 0.29) is 5.97 Å². The number of nitrogens with zero attached hydrogens (tertiary/aromatic N) is 1. The molecule has 0 bridgehead atoms. The van der Waals surface area contributed by atoms with Crippen LogP contribution >= 0.6 is 23.6 Å². The highest BCUT2D eigenvalue weighted by atomic mass is 32.1. The van der Waals surface area contributed by atoms with Crippen molar-refractivity contribution in [3.05, 3.63) is 16.5 Å². The van der Waals surface area contributed by atoms with Crippen LogP contribution in [-0.4, -0.2) is 35.2 Å². The third-order valence-corrected chi connectivity index (χ3v) is 5.69. The lowest BCUT2D eigenvalue weighted by atomic mass is 9.98. The van der Waals surface area contributed by atoms with Gasteiger partial charge in [-0.15, -0.1) is 11.3 Å². The van der Waals surface area contributed by atoms with Crippen LogP contribution in [-0.2, 0) is 11.2 Å². The SMILES string of the molecule is CCc1cc(C(=O)OC)c(NC(=S)N2C(C)CCCC2C)s1. The molecule has 6 heteroatoms. The molecule has 1 aliphatic rings. The number of piperidine rings is 1. The summed E-state index contributed by atoms with van der Waals surface area (Å²) in [5.74, 6) is -0.319. The summed E-state index contributed by atoms with van der Waals surface area (Å²) >= 11 is 7.18. The maximum absolute atomic E-state index is 11.9. The summed E-state index contributed by atoms with van der Waals surface area (Å²) in [6.45, 7) is 6.48. The minimum Gasteiger partial charge on any atom is -0.465 e. The Morgan fingerprint density at radius 1 is 1.45 bits per heavy atom. The Morgan fingerprint density at radius 3 is 2.64 bits per heavy atom. The van der Waals surface area contributed by atoms with Crippen LogP contribution in [0.1, 0.15) is 55.3 Å². The molecular weight excluding hydrogens is 316 g/mol. The van der Waals surface area contributed by atoms with Gasteiger partial charge in [0.1, 0.15) is 5.00 Å². The lowest BCUT2D eigenvalue weighted by molar-refractivity contribution is 0.0602. The third-order valence-electron chi connectivity index (χ3n) is 4.19. The number of methoxy groups -OCH3 is 1. The van der Waals surface area contributed by atoms with Gasteiger partial charge in [-0.05, 0) is 57.8 Å². The van der Waals surface area contributed by atoms with Crippen molar-refractivity contribution in [1.29, 1.82) is 0 Å². The van der Waals surface area contributed by atoms with Crippen LogP contribution in [0.3, 0.4) is 0 Å². The first-order valence-electron chi connectivity index (χ1n) is 7.78. The number of hydrogen-bond donors (Lipinski definition) is 1. The Morgan fingerprint density at radius 2 is 2.09 bits per heavy atom. The number of thiophene rings is 1. The number of ether oxygens (including phenoxy) is 1. The quantitative estimate of drug-likeness (QED) is 0.664. The van der Waals surface area contributed by atoms with Crippen LogP contribution in [0, 0.1) is 0 Å². The number of nitrogens with one attached hydrogen (secondary N) is 1. The van der Waals surface area contributed by atoms with Crippen LogP contribution in [0.5, 0.6) is 0 Å². The molecule has 2 rings (SSSR count). The van der Waals surface area contributed by atoms with E-state index in [0.29, 0.717) is 22.8 Å². The lowest BCUT2D eigenvalue weighted by Crippen LogP contribution is -2.49. The van der Waals surface area contributed by atoms with Crippen LogP contribution in [0.2, 0.25) is 0 Å². The molecule has 0 amide bonds. The van der Waals surface area contributed by atoms with Crippen molar-refractivity contribution in [3.8, 4) is 0 Å². The molecule has 0 aliphatic carbocycles. The molecule has 0 aromatic carbocycles. The lowest BCUT2D eigenvalue weighted by Gasteiger charge is -2.40. The Kier molecular flexibility index (Phi) is 5.81. The standard InChI is InChI=1S/C16H24N2O2S2/c1-5-12-9-13(15(19)20-4)14(22-12)17-16(21)18-10(2)7-6-8-11(18)3/h9-11H,5-8H2,1-4H3,(H,17,21). The van der Waals surface area contributed by atoms with Gasteiger partial charge in [0.15, 0.2) is 5.11 Å². The van der Waals surface area contributed by atoms with Gasteiger partial charge in [0.2, 0.25) is 0 Å². The van der Waals surface area contributed by atoms with Crippen LogP contribution in [0.4, 0.5) is 5.00 Å². The number of rotatable bonds is 3. The van der Waals surface area contributed by atoms with Gasteiger partial charge in [-0.25, -0.2) is 4.79 Å². The zero-order valence-corrected chi connectivity index (χ0v) is 15.3. The van der Waals surface area contributed by atoms with E-state index >= 15 is 0 Å². The first-order chi connectivity index (χ1) is 10.5. The Labute approximate surface area is 141 Å². The van der Waals surface area contributed by atoms with Crippen molar-refractivity contribution in [3.63, 3.8) is 0 Å². The summed E-state index contributed by atoms with van der Waals surface area (Å²) < 4.78 is 4.87. The first kappa shape index (κ1) is 17.2. The molecule has 1 aliphatic heterocycles. The number of carbonyl (C=O) groups is 1. The highest BCUT2D eigenvalue weighted by molar-refractivity contribution is 7.80. The van der Waals surface area contributed by atoms with E-state index in [0.717, 1.165) is 29.1 Å². The second kappa shape index (κ2) is 7.42. The van der Waals surface area contributed by atoms with Crippen LogP contribution < -0.4 is 5.32 Å². The summed E-state index contributed by atoms with van der Waals surface area (Å²) in [6, 6.07) is 2.75. The van der Waals surface area contributed by atoms with E-state index in [1.807, 2.05) is 6.07 Å². The molecular formula is C16H24N2O2S2. The fourth-order valence-corrected chi connectivity index (χ4v) is 4.46. The van der Waals surface area contributed by atoms with Gasteiger partial charge < -0.3 is 15.0 Å². The van der Waals surface area contributed by atoms with Gasteiger partial charge >= 0.3 is 5.97 Å². The van der Waals surface area contributed by atoms with Gasteiger partial charge in [-0.2, -0.15) is 0 Å². The van der Waals surface area contributed by atoms with Gasteiger partial charge in [0, 0.05) is 17.0 Å². The van der Waals surface area contributed by atoms with Gasteiger partial charge in [0.25, 0.3) is 0 Å². The van der Waals surface area contributed by atoms with E-state index in [1.54, 1.807) is 11.3 Å². The fraction of sp³-hybridized carbons (Fsp3) is 0.625. The van der Waals surface area contributed by atoms with E-state index in [1.165, 1.54) is 13.5 Å². The summed E-state index contributed by atoms with van der Waals surface area (Å²) in [7, 11) is 1.41. The Hall–Kier alpha value is -1.14. The zero-order chi connectivity index (χ0) is 16.3. The largest absolute Gasteiger partial charge is 0.465 e. The van der Waals surface area contributed by atoms with Crippen LogP contribution in [0.25, 0.3) is 0 Å². The van der Waals surface area contributed by atoms with Crippen molar-refractivity contribution < 1.29 is 9.53 Å². The molecule has 2 heterocycles. The molecule has 0 radical (unpaired) electrons. The van der Waals surface area contributed by atoms with Gasteiger partial charge in [0.05, 0.1) is 12.7 Å². The van der Waals surface area contributed by atoms with Crippen molar-refractivity contribution in [2.24, 2.45) is 0 Å². The number of thiocarbonyl (C=S) groups is 1. The van der Waals surface area contributed by atoms with Crippen molar-refractivity contribution in [2.75, 3.05) is 12.4 Å².